The zero-order valence-corrected chi connectivity index (χ0v) is 11.2. The quantitative estimate of drug-likeness (QED) is 0.769. The summed E-state index contributed by atoms with van der Waals surface area (Å²) in [5.74, 6) is -0.0464. The lowest BCUT2D eigenvalue weighted by molar-refractivity contribution is 0.0944. The Kier molecular flexibility index (Phi) is 3.05. The van der Waals surface area contributed by atoms with Crippen LogP contribution in [-0.2, 0) is 0 Å². The lowest BCUT2D eigenvalue weighted by Gasteiger charge is -2.10. The minimum atomic E-state index is -0.0588. The molecule has 19 heavy (non-hydrogen) atoms. The van der Waals surface area contributed by atoms with Gasteiger partial charge in [-0.1, -0.05) is 18.2 Å². The smallest absolute Gasteiger partial charge is 0.261 e. The molecule has 0 saturated heterocycles. The number of nitrogens with one attached hydrogen (secondary N) is 2. The zero-order valence-electron chi connectivity index (χ0n) is 10.4. The van der Waals surface area contributed by atoms with Gasteiger partial charge in [0.25, 0.3) is 5.91 Å². The molecule has 1 aromatic carbocycles. The Bertz CT molecular complexity index is 669. The molecule has 0 aliphatic rings. The maximum Gasteiger partial charge on any atom is 0.261 e. The fourth-order valence-electron chi connectivity index (χ4n) is 1.94. The molecule has 2 heterocycles. The number of aromatic amines is 1. The predicted octanol–water partition coefficient (Wildman–Crippen LogP) is 3.12. The zero-order chi connectivity index (χ0) is 13.2. The molecule has 0 fully saturated rings. The summed E-state index contributed by atoms with van der Waals surface area (Å²) in [6.45, 7) is 1.94. The van der Waals surface area contributed by atoms with E-state index in [1.165, 1.54) is 11.3 Å². The first-order chi connectivity index (χ1) is 9.24. The Morgan fingerprint density at radius 2 is 2.26 bits per heavy atom. The van der Waals surface area contributed by atoms with E-state index in [1.807, 2.05) is 37.3 Å². The van der Waals surface area contributed by atoms with Gasteiger partial charge >= 0.3 is 0 Å². The van der Waals surface area contributed by atoms with Crippen molar-refractivity contribution in [2.45, 2.75) is 13.0 Å². The van der Waals surface area contributed by atoms with E-state index in [9.17, 15) is 4.79 Å². The molecular weight excluding hydrogens is 258 g/mol. The molecule has 1 unspecified atom stereocenters. The number of hydrogen-bond donors (Lipinski definition) is 2. The van der Waals surface area contributed by atoms with Crippen LogP contribution in [0.2, 0.25) is 0 Å². The minimum Gasteiger partial charge on any atom is -0.345 e. The number of carbonyl (C=O) groups excluding carboxylic acids is 1. The fraction of sp³-hybridized carbons (Fsp3) is 0.143. The van der Waals surface area contributed by atoms with Gasteiger partial charge in [-0.25, -0.2) is 0 Å². The highest BCUT2D eigenvalue weighted by atomic mass is 32.1. The number of carbonyl (C=O) groups is 1. The van der Waals surface area contributed by atoms with Crippen molar-refractivity contribution in [1.29, 1.82) is 0 Å². The first-order valence-electron chi connectivity index (χ1n) is 6.02. The van der Waals surface area contributed by atoms with Crippen molar-refractivity contribution in [2.24, 2.45) is 0 Å². The molecule has 0 spiro atoms. The Balaban J connectivity index is 1.80. The molecule has 2 aromatic heterocycles. The van der Waals surface area contributed by atoms with Gasteiger partial charge < -0.3 is 5.32 Å². The Morgan fingerprint density at radius 1 is 1.42 bits per heavy atom. The van der Waals surface area contributed by atoms with Crippen molar-refractivity contribution in [3.8, 4) is 0 Å². The second kappa shape index (κ2) is 4.85. The van der Waals surface area contributed by atoms with Crippen LogP contribution in [0, 0.1) is 0 Å². The van der Waals surface area contributed by atoms with E-state index in [-0.39, 0.29) is 11.9 Å². The summed E-state index contributed by atoms with van der Waals surface area (Å²) < 4.78 is 1.13. The van der Waals surface area contributed by atoms with Crippen LogP contribution in [0.1, 0.15) is 28.2 Å². The molecule has 2 N–H and O–H groups in total. The molecule has 0 aliphatic heterocycles. The van der Waals surface area contributed by atoms with Crippen molar-refractivity contribution in [3.05, 3.63) is 53.2 Å². The average molecular weight is 271 g/mol. The average Bonchev–Trinajstić information content (AvgIpc) is 3.07. The second-order valence-corrected chi connectivity index (χ2v) is 5.46. The van der Waals surface area contributed by atoms with E-state index in [0.29, 0.717) is 0 Å². The summed E-state index contributed by atoms with van der Waals surface area (Å²) in [5.41, 5.74) is 0.967. The molecule has 0 radical (unpaired) electrons. The van der Waals surface area contributed by atoms with Crippen LogP contribution in [-0.4, -0.2) is 16.1 Å². The highest BCUT2D eigenvalue weighted by molar-refractivity contribution is 7.20. The summed E-state index contributed by atoms with van der Waals surface area (Å²) in [5, 5.41) is 10.7. The first kappa shape index (κ1) is 11.9. The van der Waals surface area contributed by atoms with Gasteiger partial charge in [-0.2, -0.15) is 5.10 Å². The van der Waals surface area contributed by atoms with Crippen LogP contribution < -0.4 is 5.32 Å². The number of hydrogen-bond acceptors (Lipinski definition) is 3. The van der Waals surface area contributed by atoms with E-state index in [0.717, 1.165) is 20.5 Å². The van der Waals surface area contributed by atoms with Crippen molar-refractivity contribution < 1.29 is 4.79 Å². The summed E-state index contributed by atoms with van der Waals surface area (Å²) in [7, 11) is 0. The lowest BCUT2D eigenvalue weighted by atomic mass is 10.2. The monoisotopic (exact) mass is 271 g/mol. The van der Waals surface area contributed by atoms with Crippen molar-refractivity contribution in [1.82, 2.24) is 15.5 Å². The number of benzene rings is 1. The predicted molar refractivity (Wildman–Crippen MR) is 76.3 cm³/mol. The van der Waals surface area contributed by atoms with E-state index in [1.54, 1.807) is 12.4 Å². The van der Waals surface area contributed by atoms with Gasteiger partial charge in [0.15, 0.2) is 0 Å². The number of H-pyrrole nitrogens is 1. The van der Waals surface area contributed by atoms with Crippen molar-refractivity contribution in [3.63, 3.8) is 0 Å². The summed E-state index contributed by atoms with van der Waals surface area (Å²) in [4.78, 5) is 12.9. The maximum absolute atomic E-state index is 12.2. The SMILES string of the molecule is CC(NC(=O)c1cc2ccccc2s1)c1cn[nH]c1. The van der Waals surface area contributed by atoms with Crippen LogP contribution >= 0.6 is 11.3 Å². The van der Waals surface area contributed by atoms with Crippen molar-refractivity contribution >= 4 is 27.3 Å². The molecule has 1 amide bonds. The van der Waals surface area contributed by atoms with Gasteiger partial charge in [-0.3, -0.25) is 9.89 Å². The molecule has 3 rings (SSSR count). The number of nitrogens with zero attached hydrogens (tertiary/aromatic N) is 1. The highest BCUT2D eigenvalue weighted by Crippen LogP contribution is 2.25. The molecule has 0 bridgehead atoms. The Hall–Kier alpha value is -2.14. The summed E-state index contributed by atoms with van der Waals surface area (Å²) in [6, 6.07) is 9.87. The Morgan fingerprint density at radius 3 is 3.00 bits per heavy atom. The molecule has 96 valence electrons. The van der Waals surface area contributed by atoms with Crippen LogP contribution in [0.15, 0.2) is 42.7 Å². The normalized spacial score (nSPS) is 12.5. The topological polar surface area (TPSA) is 57.8 Å². The molecular formula is C14H13N3OS. The molecule has 5 heteroatoms. The molecule has 3 aromatic rings. The van der Waals surface area contributed by atoms with Gasteiger partial charge in [-0.05, 0) is 24.4 Å². The van der Waals surface area contributed by atoms with Gasteiger partial charge in [0, 0.05) is 16.5 Å². The van der Waals surface area contributed by atoms with Gasteiger partial charge in [0.05, 0.1) is 17.1 Å². The molecule has 0 saturated carbocycles. The third-order valence-electron chi connectivity index (χ3n) is 3.02. The minimum absolute atomic E-state index is 0.0464. The van der Waals surface area contributed by atoms with Crippen LogP contribution in [0.25, 0.3) is 10.1 Å². The summed E-state index contributed by atoms with van der Waals surface area (Å²) >= 11 is 1.51. The third-order valence-corrected chi connectivity index (χ3v) is 4.13. The lowest BCUT2D eigenvalue weighted by Crippen LogP contribution is -2.25. The van der Waals surface area contributed by atoms with Crippen LogP contribution in [0.4, 0.5) is 0 Å². The van der Waals surface area contributed by atoms with Crippen LogP contribution in [0.5, 0.6) is 0 Å². The largest absolute Gasteiger partial charge is 0.345 e. The number of aromatic nitrogens is 2. The number of rotatable bonds is 3. The number of amides is 1. The number of fused-ring (bicyclic) bond motifs is 1. The third kappa shape index (κ3) is 2.37. The second-order valence-electron chi connectivity index (χ2n) is 4.38. The van der Waals surface area contributed by atoms with E-state index in [2.05, 4.69) is 15.5 Å². The fourth-order valence-corrected chi connectivity index (χ4v) is 2.91. The Labute approximate surface area is 114 Å². The van der Waals surface area contributed by atoms with E-state index < -0.39 is 0 Å². The number of thiophene rings is 1. The van der Waals surface area contributed by atoms with Crippen molar-refractivity contribution in [2.75, 3.05) is 0 Å². The van der Waals surface area contributed by atoms with Crippen LogP contribution in [0.3, 0.4) is 0 Å². The van der Waals surface area contributed by atoms with Gasteiger partial charge in [-0.15, -0.1) is 11.3 Å². The van der Waals surface area contributed by atoms with Gasteiger partial charge in [0.2, 0.25) is 0 Å². The van der Waals surface area contributed by atoms with Gasteiger partial charge in [0.1, 0.15) is 0 Å². The maximum atomic E-state index is 12.2. The highest BCUT2D eigenvalue weighted by Gasteiger charge is 2.14. The first-order valence-corrected chi connectivity index (χ1v) is 6.84. The van der Waals surface area contributed by atoms with E-state index >= 15 is 0 Å². The standard InChI is InChI=1S/C14H13N3OS/c1-9(11-7-15-16-8-11)17-14(18)13-6-10-4-2-3-5-12(10)19-13/h2-9H,1H3,(H,15,16)(H,17,18). The van der Waals surface area contributed by atoms with E-state index in [4.69, 9.17) is 0 Å². The molecule has 4 nitrogen and oxygen atoms in total. The molecule has 1 atom stereocenters. The molecule has 0 aliphatic carbocycles. The summed E-state index contributed by atoms with van der Waals surface area (Å²) in [6.07, 6.45) is 3.51.